The van der Waals surface area contributed by atoms with Gasteiger partial charge in [-0.3, -0.25) is 0 Å². The predicted molar refractivity (Wildman–Crippen MR) is 97.6 cm³/mol. The van der Waals surface area contributed by atoms with E-state index in [0.29, 0.717) is 35.5 Å². The molecular formula is C19H23N3O4. The van der Waals surface area contributed by atoms with Crippen molar-refractivity contribution in [1.29, 1.82) is 0 Å². The van der Waals surface area contributed by atoms with Gasteiger partial charge in [-0.2, -0.15) is 0 Å². The molecule has 0 aliphatic carbocycles. The number of nitrogens with one attached hydrogen (secondary N) is 1. The Morgan fingerprint density at radius 3 is 3.04 bits per heavy atom. The Labute approximate surface area is 152 Å². The fourth-order valence-electron chi connectivity index (χ4n) is 2.95. The Kier molecular flexibility index (Phi) is 6.01. The summed E-state index contributed by atoms with van der Waals surface area (Å²) >= 11 is 0. The zero-order chi connectivity index (χ0) is 18.4. The molecule has 1 saturated heterocycles. The van der Waals surface area contributed by atoms with Crippen molar-refractivity contribution in [1.82, 2.24) is 9.97 Å². The minimum Gasteiger partial charge on any atom is -0.493 e. The maximum atomic E-state index is 11.5. The summed E-state index contributed by atoms with van der Waals surface area (Å²) in [7, 11) is 0. The van der Waals surface area contributed by atoms with Crippen molar-refractivity contribution in [3.63, 3.8) is 0 Å². The van der Waals surface area contributed by atoms with Crippen molar-refractivity contribution in [3.05, 3.63) is 36.0 Å². The van der Waals surface area contributed by atoms with Gasteiger partial charge in [-0.05, 0) is 49.9 Å². The molecule has 0 spiro atoms. The van der Waals surface area contributed by atoms with Gasteiger partial charge in [-0.25, -0.2) is 14.8 Å². The van der Waals surface area contributed by atoms with E-state index in [1.165, 1.54) is 0 Å². The van der Waals surface area contributed by atoms with Crippen LogP contribution in [0.2, 0.25) is 0 Å². The maximum absolute atomic E-state index is 11.5. The second kappa shape index (κ2) is 8.62. The summed E-state index contributed by atoms with van der Waals surface area (Å²) in [6, 6.07) is 6.81. The molecule has 1 fully saturated rings. The lowest BCUT2D eigenvalue weighted by Gasteiger charge is -2.22. The van der Waals surface area contributed by atoms with Crippen LogP contribution in [0.3, 0.4) is 0 Å². The van der Waals surface area contributed by atoms with Gasteiger partial charge < -0.3 is 19.9 Å². The average molecular weight is 357 g/mol. The fourth-order valence-corrected chi connectivity index (χ4v) is 2.95. The Bertz CT molecular complexity index is 760. The molecule has 1 aromatic heterocycles. The molecule has 1 atom stereocenters. The first-order chi connectivity index (χ1) is 12.7. The number of carboxylic acids is 1. The van der Waals surface area contributed by atoms with E-state index in [2.05, 4.69) is 15.3 Å². The van der Waals surface area contributed by atoms with Crippen molar-refractivity contribution in [2.24, 2.45) is 5.92 Å². The van der Waals surface area contributed by atoms with Gasteiger partial charge in [-0.1, -0.05) is 0 Å². The van der Waals surface area contributed by atoms with E-state index in [-0.39, 0.29) is 5.56 Å². The van der Waals surface area contributed by atoms with Gasteiger partial charge >= 0.3 is 5.97 Å². The van der Waals surface area contributed by atoms with Crippen LogP contribution >= 0.6 is 0 Å². The Morgan fingerprint density at radius 1 is 1.42 bits per heavy atom. The lowest BCUT2D eigenvalue weighted by molar-refractivity contribution is 0.0594. The van der Waals surface area contributed by atoms with E-state index >= 15 is 0 Å². The van der Waals surface area contributed by atoms with E-state index in [4.69, 9.17) is 9.47 Å². The number of carboxylic acid groups (broad SMARTS) is 1. The molecule has 0 bridgehead atoms. The van der Waals surface area contributed by atoms with Gasteiger partial charge in [0.15, 0.2) is 0 Å². The van der Waals surface area contributed by atoms with Crippen molar-refractivity contribution in [2.45, 2.75) is 19.8 Å². The molecular weight excluding hydrogens is 334 g/mol. The summed E-state index contributed by atoms with van der Waals surface area (Å²) in [5.41, 5.74) is 1.49. The van der Waals surface area contributed by atoms with Crippen molar-refractivity contribution < 1.29 is 19.4 Å². The van der Waals surface area contributed by atoms with Crippen LogP contribution in [0, 0.1) is 5.92 Å². The number of nitrogens with zero attached hydrogens (tertiary/aromatic N) is 2. The second-order valence-corrected chi connectivity index (χ2v) is 6.18. The summed E-state index contributed by atoms with van der Waals surface area (Å²) in [5, 5.41) is 12.7. The van der Waals surface area contributed by atoms with Crippen LogP contribution in [0.15, 0.2) is 30.5 Å². The number of rotatable bonds is 7. The summed E-state index contributed by atoms with van der Waals surface area (Å²) in [5.74, 6) is 0.312. The summed E-state index contributed by atoms with van der Waals surface area (Å²) in [6.07, 6.45) is 3.88. The highest BCUT2D eigenvalue weighted by Crippen LogP contribution is 2.26. The summed E-state index contributed by atoms with van der Waals surface area (Å²) in [6.45, 7) is 4.58. The van der Waals surface area contributed by atoms with E-state index in [9.17, 15) is 9.90 Å². The zero-order valence-corrected chi connectivity index (χ0v) is 14.8. The van der Waals surface area contributed by atoms with Crippen LogP contribution < -0.4 is 10.1 Å². The average Bonchev–Trinajstić information content (AvgIpc) is 2.68. The van der Waals surface area contributed by atoms with Crippen LogP contribution in [0.4, 0.5) is 5.95 Å². The van der Waals surface area contributed by atoms with Gasteiger partial charge in [0.25, 0.3) is 0 Å². The minimum atomic E-state index is -1.03. The van der Waals surface area contributed by atoms with E-state index in [1.807, 2.05) is 6.92 Å². The highest BCUT2D eigenvalue weighted by Gasteiger charge is 2.15. The van der Waals surface area contributed by atoms with Crippen LogP contribution in [-0.2, 0) is 4.74 Å². The van der Waals surface area contributed by atoms with Crippen LogP contribution in [0.25, 0.3) is 11.3 Å². The third kappa shape index (κ3) is 4.49. The number of carbonyl (C=O) groups is 1. The summed E-state index contributed by atoms with van der Waals surface area (Å²) in [4.78, 5) is 20.2. The van der Waals surface area contributed by atoms with Crippen LogP contribution in [-0.4, -0.2) is 47.4 Å². The highest BCUT2D eigenvalue weighted by atomic mass is 16.5. The molecule has 1 aromatic carbocycles. The van der Waals surface area contributed by atoms with Gasteiger partial charge in [0.1, 0.15) is 11.3 Å². The smallest absolute Gasteiger partial charge is 0.339 e. The number of benzene rings is 1. The van der Waals surface area contributed by atoms with Gasteiger partial charge in [0, 0.05) is 24.9 Å². The molecule has 3 rings (SSSR count). The SMILES string of the molecule is CCOc1ccc(-c2ccnc(NC[C@@H]3CCCOC3)n2)cc1C(=O)O. The normalized spacial score (nSPS) is 16.9. The number of ether oxygens (including phenoxy) is 2. The largest absolute Gasteiger partial charge is 0.493 e. The Hall–Kier alpha value is -2.67. The number of hydrogen-bond donors (Lipinski definition) is 2. The lowest BCUT2D eigenvalue weighted by Crippen LogP contribution is -2.24. The van der Waals surface area contributed by atoms with Crippen molar-refractivity contribution in [3.8, 4) is 17.0 Å². The third-order valence-electron chi connectivity index (χ3n) is 4.26. The molecule has 7 nitrogen and oxygen atoms in total. The molecule has 7 heteroatoms. The topological polar surface area (TPSA) is 93.6 Å². The molecule has 1 aliphatic heterocycles. The molecule has 1 aliphatic rings. The maximum Gasteiger partial charge on any atom is 0.339 e. The first kappa shape index (κ1) is 18.1. The number of anilines is 1. The zero-order valence-electron chi connectivity index (χ0n) is 14.8. The van der Waals surface area contributed by atoms with E-state index in [1.54, 1.807) is 30.5 Å². The monoisotopic (exact) mass is 357 g/mol. The van der Waals surface area contributed by atoms with Gasteiger partial charge in [-0.15, -0.1) is 0 Å². The number of aromatic nitrogens is 2. The van der Waals surface area contributed by atoms with E-state index < -0.39 is 5.97 Å². The van der Waals surface area contributed by atoms with Crippen LogP contribution in [0.1, 0.15) is 30.1 Å². The third-order valence-corrected chi connectivity index (χ3v) is 4.26. The fraction of sp³-hybridized carbons (Fsp3) is 0.421. The molecule has 0 radical (unpaired) electrons. The van der Waals surface area contributed by atoms with Crippen molar-refractivity contribution >= 4 is 11.9 Å². The molecule has 0 saturated carbocycles. The Balaban J connectivity index is 1.76. The highest BCUT2D eigenvalue weighted by molar-refractivity contribution is 5.92. The van der Waals surface area contributed by atoms with Gasteiger partial charge in [0.05, 0.1) is 18.9 Å². The first-order valence-electron chi connectivity index (χ1n) is 8.82. The molecule has 138 valence electrons. The lowest BCUT2D eigenvalue weighted by atomic mass is 10.0. The minimum absolute atomic E-state index is 0.122. The quantitative estimate of drug-likeness (QED) is 0.786. The first-order valence-corrected chi connectivity index (χ1v) is 8.82. The number of aromatic carboxylic acids is 1. The number of hydrogen-bond acceptors (Lipinski definition) is 6. The second-order valence-electron chi connectivity index (χ2n) is 6.18. The molecule has 2 heterocycles. The van der Waals surface area contributed by atoms with Gasteiger partial charge in [0.2, 0.25) is 5.95 Å². The Morgan fingerprint density at radius 2 is 2.31 bits per heavy atom. The summed E-state index contributed by atoms with van der Waals surface area (Å²) < 4.78 is 10.9. The van der Waals surface area contributed by atoms with Crippen LogP contribution in [0.5, 0.6) is 5.75 Å². The molecule has 26 heavy (non-hydrogen) atoms. The predicted octanol–water partition coefficient (Wildman–Crippen LogP) is 3.08. The molecule has 0 amide bonds. The molecule has 2 aromatic rings. The van der Waals surface area contributed by atoms with Crippen molar-refractivity contribution in [2.75, 3.05) is 31.7 Å². The standard InChI is InChI=1S/C19H23N3O4/c1-2-26-17-6-5-14(10-15(17)18(23)24)16-7-8-20-19(22-16)21-11-13-4-3-9-25-12-13/h5-8,10,13H,2-4,9,11-12H2,1H3,(H,23,24)(H,20,21,22)/t13-/m0/s1. The molecule has 2 N–H and O–H groups in total. The molecule has 0 unspecified atom stereocenters. The van der Waals surface area contributed by atoms with E-state index in [0.717, 1.165) is 32.6 Å².